The zero-order valence-electron chi connectivity index (χ0n) is 14.2. The van der Waals surface area contributed by atoms with E-state index in [1.165, 1.54) is 6.07 Å². The van der Waals surface area contributed by atoms with Crippen molar-refractivity contribution in [3.8, 4) is 0 Å². The number of halogens is 3. The third kappa shape index (κ3) is 3.41. The Morgan fingerprint density at radius 1 is 1.32 bits per heavy atom. The van der Waals surface area contributed by atoms with Gasteiger partial charge in [-0.3, -0.25) is 4.79 Å². The summed E-state index contributed by atoms with van der Waals surface area (Å²) in [4.78, 5) is 14.7. The van der Waals surface area contributed by atoms with Crippen LogP contribution in [0.1, 0.15) is 58.7 Å². The summed E-state index contributed by atoms with van der Waals surface area (Å²) in [5, 5.41) is 3.81. The van der Waals surface area contributed by atoms with Crippen molar-refractivity contribution in [1.82, 2.24) is 10.1 Å². The lowest BCUT2D eigenvalue weighted by Crippen LogP contribution is -2.36. The molecule has 4 nitrogen and oxygen atoms in total. The second-order valence-electron chi connectivity index (χ2n) is 6.44. The van der Waals surface area contributed by atoms with Gasteiger partial charge >= 0.3 is 6.18 Å². The first kappa shape index (κ1) is 17.5. The molecule has 0 saturated heterocycles. The maximum Gasteiger partial charge on any atom is 0.416 e. The Morgan fingerprint density at radius 3 is 2.52 bits per heavy atom. The van der Waals surface area contributed by atoms with Crippen LogP contribution in [0.15, 0.2) is 28.8 Å². The van der Waals surface area contributed by atoms with Crippen molar-refractivity contribution in [3.63, 3.8) is 0 Å². The van der Waals surface area contributed by atoms with Crippen molar-refractivity contribution in [1.29, 1.82) is 0 Å². The van der Waals surface area contributed by atoms with Gasteiger partial charge in [-0.15, -0.1) is 0 Å². The third-order valence-corrected chi connectivity index (χ3v) is 4.54. The fourth-order valence-corrected chi connectivity index (χ4v) is 3.06. The van der Waals surface area contributed by atoms with Gasteiger partial charge in [-0.25, -0.2) is 0 Å². The summed E-state index contributed by atoms with van der Waals surface area (Å²) in [5.41, 5.74) is 0.634. The van der Waals surface area contributed by atoms with Crippen molar-refractivity contribution in [2.45, 2.75) is 51.9 Å². The molecule has 25 heavy (non-hydrogen) atoms. The normalized spacial score (nSPS) is 15.9. The number of aryl methyl sites for hydroxylation is 2. The van der Waals surface area contributed by atoms with Gasteiger partial charge in [-0.05, 0) is 51.3 Å². The van der Waals surface area contributed by atoms with Gasteiger partial charge in [0.15, 0.2) is 0 Å². The van der Waals surface area contributed by atoms with E-state index in [0.717, 1.165) is 25.0 Å². The number of carbonyl (C=O) groups excluding carboxylic acids is 1. The van der Waals surface area contributed by atoms with E-state index >= 15 is 0 Å². The molecule has 0 aliphatic heterocycles. The van der Waals surface area contributed by atoms with Crippen LogP contribution in [-0.4, -0.2) is 22.0 Å². The SMILES string of the molecule is Cc1noc(C)c1C(=O)N(C1CC1)[C@H](C)c1cccc(C(F)(F)F)c1. The smallest absolute Gasteiger partial charge is 0.361 e. The largest absolute Gasteiger partial charge is 0.416 e. The van der Waals surface area contributed by atoms with E-state index in [0.29, 0.717) is 22.6 Å². The van der Waals surface area contributed by atoms with Gasteiger partial charge in [0.1, 0.15) is 11.3 Å². The van der Waals surface area contributed by atoms with Gasteiger partial charge in [-0.2, -0.15) is 13.2 Å². The molecule has 2 aromatic rings. The van der Waals surface area contributed by atoms with Gasteiger partial charge in [0.25, 0.3) is 5.91 Å². The van der Waals surface area contributed by atoms with Crippen molar-refractivity contribution < 1.29 is 22.5 Å². The number of amides is 1. The van der Waals surface area contributed by atoms with Crippen LogP contribution < -0.4 is 0 Å². The number of carbonyl (C=O) groups is 1. The topological polar surface area (TPSA) is 46.3 Å². The minimum absolute atomic E-state index is 0.0331. The van der Waals surface area contributed by atoms with E-state index < -0.39 is 17.8 Å². The number of hydrogen-bond donors (Lipinski definition) is 0. The Labute approximate surface area is 143 Å². The summed E-state index contributed by atoms with van der Waals surface area (Å²) in [5.74, 6) is 0.174. The molecule has 1 aromatic heterocycles. The molecule has 3 rings (SSSR count). The molecule has 1 fully saturated rings. The van der Waals surface area contributed by atoms with Gasteiger partial charge in [0.05, 0.1) is 17.3 Å². The minimum Gasteiger partial charge on any atom is -0.361 e. The van der Waals surface area contributed by atoms with Crippen LogP contribution in [-0.2, 0) is 6.18 Å². The number of rotatable bonds is 4. The molecule has 7 heteroatoms. The number of benzene rings is 1. The highest BCUT2D eigenvalue weighted by Gasteiger charge is 2.39. The Hall–Kier alpha value is -2.31. The molecule has 1 heterocycles. The molecule has 1 aromatic carbocycles. The van der Waals surface area contributed by atoms with Crippen LogP contribution in [0.5, 0.6) is 0 Å². The number of alkyl halides is 3. The second kappa shape index (κ2) is 6.20. The lowest BCUT2D eigenvalue weighted by molar-refractivity contribution is -0.137. The third-order valence-electron chi connectivity index (χ3n) is 4.54. The Balaban J connectivity index is 1.95. The maximum atomic E-state index is 13.0. The van der Waals surface area contributed by atoms with Crippen LogP contribution in [0, 0.1) is 13.8 Å². The molecule has 134 valence electrons. The highest BCUT2D eigenvalue weighted by Crippen LogP contribution is 2.38. The number of hydrogen-bond acceptors (Lipinski definition) is 3. The zero-order chi connectivity index (χ0) is 18.4. The van der Waals surface area contributed by atoms with E-state index in [1.54, 1.807) is 31.7 Å². The molecule has 0 N–H and O–H groups in total. The lowest BCUT2D eigenvalue weighted by Gasteiger charge is -2.30. The standard InChI is InChI=1S/C18H19F3N2O2/c1-10-16(12(3)25-22-10)17(24)23(15-7-8-15)11(2)13-5-4-6-14(9-13)18(19,20)21/h4-6,9,11,15H,7-8H2,1-3H3/t11-/m1/s1. The lowest BCUT2D eigenvalue weighted by atomic mass is 10.0. The van der Waals surface area contributed by atoms with Crippen LogP contribution in [0.25, 0.3) is 0 Å². The molecular weight excluding hydrogens is 333 g/mol. The fourth-order valence-electron chi connectivity index (χ4n) is 3.06. The van der Waals surface area contributed by atoms with Crippen LogP contribution >= 0.6 is 0 Å². The summed E-state index contributed by atoms with van der Waals surface area (Å²) in [7, 11) is 0. The molecule has 0 unspecified atom stereocenters. The van der Waals surface area contributed by atoms with Crippen LogP contribution in [0.3, 0.4) is 0 Å². The molecule has 0 spiro atoms. The molecule has 1 amide bonds. The highest BCUT2D eigenvalue weighted by molar-refractivity contribution is 5.96. The van der Waals surface area contributed by atoms with E-state index in [1.807, 2.05) is 0 Å². The highest BCUT2D eigenvalue weighted by atomic mass is 19.4. The Bertz CT molecular complexity index is 774. The van der Waals surface area contributed by atoms with E-state index in [9.17, 15) is 18.0 Å². The summed E-state index contributed by atoms with van der Waals surface area (Å²) in [6.07, 6.45) is -2.72. The van der Waals surface area contributed by atoms with E-state index in [-0.39, 0.29) is 11.9 Å². The average Bonchev–Trinajstić information content (AvgIpc) is 3.31. The van der Waals surface area contributed by atoms with E-state index in [4.69, 9.17) is 4.52 Å². The minimum atomic E-state index is -4.41. The molecule has 0 bridgehead atoms. The quantitative estimate of drug-likeness (QED) is 0.803. The summed E-state index contributed by atoms with van der Waals surface area (Å²) >= 11 is 0. The van der Waals surface area contributed by atoms with Crippen LogP contribution in [0.2, 0.25) is 0 Å². The molecule has 1 atom stereocenters. The first-order chi connectivity index (χ1) is 11.7. The first-order valence-corrected chi connectivity index (χ1v) is 8.13. The molecule has 1 saturated carbocycles. The first-order valence-electron chi connectivity index (χ1n) is 8.13. The van der Waals surface area contributed by atoms with E-state index in [2.05, 4.69) is 5.16 Å². The summed E-state index contributed by atoms with van der Waals surface area (Å²) in [6.45, 7) is 5.10. The fraction of sp³-hybridized carbons (Fsp3) is 0.444. The summed E-state index contributed by atoms with van der Waals surface area (Å²) < 4.78 is 44.0. The molecular formula is C18H19F3N2O2. The van der Waals surface area contributed by atoms with Gasteiger partial charge in [0.2, 0.25) is 0 Å². The maximum absolute atomic E-state index is 13.0. The predicted octanol–water partition coefficient (Wildman–Crippen LogP) is 4.68. The molecule has 1 aliphatic rings. The zero-order valence-corrected chi connectivity index (χ0v) is 14.2. The number of aromatic nitrogens is 1. The number of nitrogens with zero attached hydrogens (tertiary/aromatic N) is 2. The van der Waals surface area contributed by atoms with Crippen LogP contribution in [0.4, 0.5) is 13.2 Å². The monoisotopic (exact) mass is 352 g/mol. The second-order valence-corrected chi connectivity index (χ2v) is 6.44. The molecule has 0 radical (unpaired) electrons. The Kier molecular flexibility index (Phi) is 4.34. The predicted molar refractivity (Wildman–Crippen MR) is 85.0 cm³/mol. The van der Waals surface area contributed by atoms with Gasteiger partial charge < -0.3 is 9.42 Å². The van der Waals surface area contributed by atoms with Gasteiger partial charge in [0, 0.05) is 6.04 Å². The Morgan fingerprint density at radius 2 is 2.00 bits per heavy atom. The van der Waals surface area contributed by atoms with Crippen molar-refractivity contribution in [2.24, 2.45) is 0 Å². The van der Waals surface area contributed by atoms with Crippen molar-refractivity contribution in [3.05, 3.63) is 52.4 Å². The molecule has 1 aliphatic carbocycles. The summed E-state index contributed by atoms with van der Waals surface area (Å²) in [6, 6.07) is 4.70. The van der Waals surface area contributed by atoms with Gasteiger partial charge in [-0.1, -0.05) is 17.3 Å². The average molecular weight is 352 g/mol. The van der Waals surface area contributed by atoms with Crippen molar-refractivity contribution >= 4 is 5.91 Å². The van der Waals surface area contributed by atoms with Crippen molar-refractivity contribution in [2.75, 3.05) is 0 Å².